The van der Waals surface area contributed by atoms with Crippen molar-refractivity contribution in [3.05, 3.63) is 45.1 Å². The highest BCUT2D eigenvalue weighted by Crippen LogP contribution is 2.29. The molecule has 0 aliphatic carbocycles. The highest BCUT2D eigenvalue weighted by Gasteiger charge is 2.30. The SMILES string of the molecule is CC=CCN1N=C(C)C(C)n2c1nc1c2c(=O)n(CC=CC)c(=O)n1C. The third-order valence-electron chi connectivity index (χ3n) is 4.70. The highest BCUT2D eigenvalue weighted by molar-refractivity contribution is 5.91. The molecule has 0 saturated heterocycles. The lowest BCUT2D eigenvalue weighted by Crippen LogP contribution is -2.40. The summed E-state index contributed by atoms with van der Waals surface area (Å²) >= 11 is 0. The Bertz CT molecular complexity index is 1050. The van der Waals surface area contributed by atoms with Crippen LogP contribution in [0, 0.1) is 0 Å². The fraction of sp³-hybridized carbons (Fsp3) is 0.444. The predicted molar refractivity (Wildman–Crippen MR) is 104 cm³/mol. The van der Waals surface area contributed by atoms with Gasteiger partial charge in [-0.2, -0.15) is 10.1 Å². The lowest BCUT2D eigenvalue weighted by molar-refractivity contribution is 0.638. The van der Waals surface area contributed by atoms with Crippen molar-refractivity contribution in [2.75, 3.05) is 11.6 Å². The Balaban J connectivity index is 2.36. The molecule has 0 radical (unpaired) electrons. The van der Waals surface area contributed by atoms with Crippen LogP contribution in [0.4, 0.5) is 5.95 Å². The smallest absolute Gasteiger partial charge is 0.294 e. The molecule has 0 fully saturated rings. The van der Waals surface area contributed by atoms with Crippen molar-refractivity contribution in [2.45, 2.75) is 40.3 Å². The number of hydrazone groups is 1. The Morgan fingerprint density at radius 3 is 2.42 bits per heavy atom. The Labute approximate surface area is 151 Å². The number of nitrogens with zero attached hydrogens (tertiary/aromatic N) is 6. The molecular formula is C18H24N6O2. The van der Waals surface area contributed by atoms with E-state index >= 15 is 0 Å². The van der Waals surface area contributed by atoms with Gasteiger partial charge in [-0.25, -0.2) is 9.80 Å². The maximum atomic E-state index is 13.1. The molecule has 138 valence electrons. The molecule has 8 heteroatoms. The first-order valence-corrected chi connectivity index (χ1v) is 8.69. The van der Waals surface area contributed by atoms with E-state index in [0.29, 0.717) is 23.7 Å². The molecule has 1 unspecified atom stereocenters. The summed E-state index contributed by atoms with van der Waals surface area (Å²) in [6.45, 7) is 8.50. The minimum Gasteiger partial charge on any atom is -0.294 e. The Hall–Kier alpha value is -2.90. The maximum Gasteiger partial charge on any atom is 0.332 e. The van der Waals surface area contributed by atoms with Crippen LogP contribution < -0.4 is 16.3 Å². The standard InChI is InChI=1S/C18H24N6O2/c1-6-8-10-22-16(25)14-15(21(5)18(22)26)19-17-23(11-9-7-2)20-12(3)13(4)24(14)17/h6-9,13H,10-11H2,1-5H3. The van der Waals surface area contributed by atoms with E-state index in [0.717, 1.165) is 5.71 Å². The summed E-state index contributed by atoms with van der Waals surface area (Å²) in [4.78, 5) is 30.3. The van der Waals surface area contributed by atoms with E-state index in [1.807, 2.05) is 50.5 Å². The molecule has 3 rings (SSSR count). The number of allylic oxidation sites excluding steroid dienone is 3. The van der Waals surface area contributed by atoms with Crippen LogP contribution in [0.2, 0.25) is 0 Å². The fourth-order valence-corrected chi connectivity index (χ4v) is 3.08. The van der Waals surface area contributed by atoms with E-state index in [-0.39, 0.29) is 23.8 Å². The summed E-state index contributed by atoms with van der Waals surface area (Å²) < 4.78 is 4.55. The van der Waals surface area contributed by atoms with E-state index in [4.69, 9.17) is 0 Å². The average molecular weight is 356 g/mol. The molecule has 1 atom stereocenters. The lowest BCUT2D eigenvalue weighted by Gasteiger charge is -2.28. The van der Waals surface area contributed by atoms with E-state index in [1.165, 1.54) is 9.13 Å². The molecule has 2 aromatic rings. The quantitative estimate of drug-likeness (QED) is 0.783. The van der Waals surface area contributed by atoms with E-state index in [9.17, 15) is 9.59 Å². The molecule has 0 saturated carbocycles. The van der Waals surface area contributed by atoms with Crippen molar-refractivity contribution >= 4 is 22.8 Å². The number of hydrogen-bond acceptors (Lipinski definition) is 5. The van der Waals surface area contributed by atoms with Gasteiger partial charge in [-0.15, -0.1) is 0 Å². The molecule has 0 bridgehead atoms. The number of fused-ring (bicyclic) bond motifs is 3. The molecule has 8 nitrogen and oxygen atoms in total. The van der Waals surface area contributed by atoms with Gasteiger partial charge in [0.25, 0.3) is 5.56 Å². The second-order valence-corrected chi connectivity index (χ2v) is 6.35. The Morgan fingerprint density at radius 2 is 1.77 bits per heavy atom. The molecule has 0 spiro atoms. The zero-order valence-corrected chi connectivity index (χ0v) is 15.8. The first-order valence-electron chi connectivity index (χ1n) is 8.69. The molecule has 0 amide bonds. The number of rotatable bonds is 4. The van der Waals surface area contributed by atoms with Gasteiger partial charge >= 0.3 is 5.69 Å². The van der Waals surface area contributed by atoms with Crippen molar-refractivity contribution in [1.82, 2.24) is 18.7 Å². The molecule has 1 aliphatic rings. The summed E-state index contributed by atoms with van der Waals surface area (Å²) in [6, 6.07) is -0.114. The van der Waals surface area contributed by atoms with Gasteiger partial charge in [-0.05, 0) is 27.7 Å². The zero-order valence-electron chi connectivity index (χ0n) is 15.8. The predicted octanol–water partition coefficient (Wildman–Crippen LogP) is 1.81. The second-order valence-electron chi connectivity index (χ2n) is 6.35. The number of hydrogen-bond donors (Lipinski definition) is 0. The zero-order chi connectivity index (χ0) is 19.0. The topological polar surface area (TPSA) is 77.4 Å². The molecule has 26 heavy (non-hydrogen) atoms. The number of imidazole rings is 1. The minimum atomic E-state index is -0.374. The molecule has 0 aromatic carbocycles. The monoisotopic (exact) mass is 356 g/mol. The fourth-order valence-electron chi connectivity index (χ4n) is 3.08. The minimum absolute atomic E-state index is 0.114. The number of anilines is 1. The third-order valence-corrected chi connectivity index (χ3v) is 4.70. The van der Waals surface area contributed by atoms with Crippen LogP contribution in [0.3, 0.4) is 0 Å². The summed E-state index contributed by atoms with van der Waals surface area (Å²) in [6.07, 6.45) is 7.52. The van der Waals surface area contributed by atoms with Crippen molar-refractivity contribution in [3.63, 3.8) is 0 Å². The van der Waals surface area contributed by atoms with Gasteiger partial charge in [-0.1, -0.05) is 24.3 Å². The van der Waals surface area contributed by atoms with Crippen LogP contribution in [0.1, 0.15) is 33.7 Å². The molecular weight excluding hydrogens is 332 g/mol. The first-order chi connectivity index (χ1) is 12.4. The van der Waals surface area contributed by atoms with Crippen LogP contribution in [0.15, 0.2) is 39.0 Å². The van der Waals surface area contributed by atoms with Crippen LogP contribution in [0.25, 0.3) is 11.2 Å². The summed E-state index contributed by atoms with van der Waals surface area (Å²) in [5.74, 6) is 0.576. The van der Waals surface area contributed by atoms with Crippen molar-refractivity contribution in [1.29, 1.82) is 0 Å². The first kappa shape index (κ1) is 17.9. The van der Waals surface area contributed by atoms with Crippen molar-refractivity contribution in [2.24, 2.45) is 12.1 Å². The summed E-state index contributed by atoms with van der Waals surface area (Å²) in [7, 11) is 1.64. The molecule has 3 heterocycles. The van der Waals surface area contributed by atoms with Crippen LogP contribution >= 0.6 is 0 Å². The third kappa shape index (κ3) is 2.61. The Kier molecular flexibility index (Phi) is 4.67. The average Bonchev–Trinajstić information content (AvgIpc) is 3.03. The molecule has 2 aromatic heterocycles. The second kappa shape index (κ2) is 6.78. The largest absolute Gasteiger partial charge is 0.332 e. The van der Waals surface area contributed by atoms with Gasteiger partial charge in [0.05, 0.1) is 18.3 Å². The van der Waals surface area contributed by atoms with Gasteiger partial charge in [0, 0.05) is 13.6 Å². The van der Waals surface area contributed by atoms with Crippen LogP contribution in [-0.2, 0) is 13.6 Å². The normalized spacial score (nSPS) is 17.5. The van der Waals surface area contributed by atoms with Crippen molar-refractivity contribution < 1.29 is 0 Å². The summed E-state index contributed by atoms with van der Waals surface area (Å²) in [5.41, 5.74) is 0.996. The highest BCUT2D eigenvalue weighted by atomic mass is 16.2. The lowest BCUT2D eigenvalue weighted by atomic mass is 10.2. The molecule has 1 aliphatic heterocycles. The number of aryl methyl sites for hydroxylation is 1. The van der Waals surface area contributed by atoms with E-state index in [1.54, 1.807) is 18.1 Å². The molecule has 0 N–H and O–H groups in total. The van der Waals surface area contributed by atoms with E-state index < -0.39 is 0 Å². The van der Waals surface area contributed by atoms with Gasteiger partial charge in [0.15, 0.2) is 11.2 Å². The van der Waals surface area contributed by atoms with E-state index in [2.05, 4.69) is 10.1 Å². The van der Waals surface area contributed by atoms with Crippen LogP contribution in [0.5, 0.6) is 0 Å². The van der Waals surface area contributed by atoms with Gasteiger partial charge < -0.3 is 0 Å². The van der Waals surface area contributed by atoms with Gasteiger partial charge in [-0.3, -0.25) is 18.5 Å². The maximum absolute atomic E-state index is 13.1. The van der Waals surface area contributed by atoms with Gasteiger partial charge in [0.2, 0.25) is 5.95 Å². The summed E-state index contributed by atoms with van der Waals surface area (Å²) in [5, 5.41) is 6.36. The van der Waals surface area contributed by atoms with Crippen molar-refractivity contribution in [3.8, 4) is 0 Å². The number of aromatic nitrogens is 4. The van der Waals surface area contributed by atoms with Gasteiger partial charge in [0.1, 0.15) is 0 Å². The Morgan fingerprint density at radius 1 is 1.12 bits per heavy atom. The van der Waals surface area contributed by atoms with Crippen LogP contribution in [-0.4, -0.2) is 30.9 Å².